The van der Waals surface area contributed by atoms with Gasteiger partial charge in [-0.2, -0.15) is 0 Å². The van der Waals surface area contributed by atoms with Crippen LogP contribution >= 0.6 is 15.9 Å². The van der Waals surface area contributed by atoms with E-state index in [9.17, 15) is 9.59 Å². The summed E-state index contributed by atoms with van der Waals surface area (Å²) in [7, 11) is 0. The summed E-state index contributed by atoms with van der Waals surface area (Å²) in [5, 5.41) is 2.89. The number of nitrogens with zero attached hydrogens (tertiary/aromatic N) is 1. The number of hydrogen-bond acceptors (Lipinski definition) is 2. The molecule has 0 spiro atoms. The van der Waals surface area contributed by atoms with E-state index in [1.165, 1.54) is 0 Å². The third-order valence-corrected chi connectivity index (χ3v) is 4.43. The number of nitrogens with one attached hydrogen (secondary N) is 1. The fourth-order valence-electron chi connectivity index (χ4n) is 2.73. The summed E-state index contributed by atoms with van der Waals surface area (Å²) in [6.45, 7) is 1.59. The molecule has 24 heavy (non-hydrogen) atoms. The van der Waals surface area contributed by atoms with Crippen molar-refractivity contribution in [3.05, 3.63) is 58.6 Å². The lowest BCUT2D eigenvalue weighted by molar-refractivity contribution is -0.117. The highest BCUT2D eigenvalue weighted by atomic mass is 79.9. The Labute approximate surface area is 150 Å². The summed E-state index contributed by atoms with van der Waals surface area (Å²) in [6, 6.07) is 15.5. The van der Waals surface area contributed by atoms with Gasteiger partial charge in [-0.1, -0.05) is 28.1 Å². The van der Waals surface area contributed by atoms with Crippen molar-refractivity contribution in [2.75, 3.05) is 10.2 Å². The van der Waals surface area contributed by atoms with Gasteiger partial charge in [-0.3, -0.25) is 9.59 Å². The summed E-state index contributed by atoms with van der Waals surface area (Å²) in [6.07, 6.45) is 2.44. The molecule has 5 heteroatoms. The van der Waals surface area contributed by atoms with E-state index in [0.717, 1.165) is 34.3 Å². The molecule has 1 aliphatic rings. The molecule has 0 radical (unpaired) electrons. The van der Waals surface area contributed by atoms with Crippen LogP contribution in [-0.2, 0) is 16.0 Å². The maximum atomic E-state index is 12.1. The fourth-order valence-corrected chi connectivity index (χ4v) is 3.17. The molecule has 0 aromatic heterocycles. The zero-order chi connectivity index (χ0) is 17.1. The molecule has 2 amide bonds. The van der Waals surface area contributed by atoms with Crippen LogP contribution in [-0.4, -0.2) is 17.9 Å². The van der Waals surface area contributed by atoms with Crippen molar-refractivity contribution in [1.82, 2.24) is 0 Å². The van der Waals surface area contributed by atoms with E-state index in [4.69, 9.17) is 0 Å². The van der Waals surface area contributed by atoms with Crippen LogP contribution in [0.5, 0.6) is 0 Å². The Morgan fingerprint density at radius 1 is 1.17 bits per heavy atom. The van der Waals surface area contributed by atoms with E-state index < -0.39 is 0 Å². The van der Waals surface area contributed by atoms with Gasteiger partial charge >= 0.3 is 0 Å². The van der Waals surface area contributed by atoms with Crippen molar-refractivity contribution in [2.45, 2.75) is 32.2 Å². The molecule has 0 saturated heterocycles. The second-order valence-electron chi connectivity index (χ2n) is 6.02. The second kappa shape index (κ2) is 7.18. The van der Waals surface area contributed by atoms with Crippen molar-refractivity contribution in [2.24, 2.45) is 0 Å². The Kier molecular flexibility index (Phi) is 5.00. The molecule has 4 nitrogen and oxygen atoms in total. The van der Waals surface area contributed by atoms with Crippen LogP contribution in [0.15, 0.2) is 53.0 Å². The zero-order valence-corrected chi connectivity index (χ0v) is 15.0. The highest BCUT2D eigenvalue weighted by Crippen LogP contribution is 2.32. The Bertz CT molecular complexity index is 754. The molecule has 2 aromatic rings. The quantitative estimate of drug-likeness (QED) is 0.838. The van der Waals surface area contributed by atoms with Gasteiger partial charge in [0.2, 0.25) is 11.8 Å². The maximum Gasteiger partial charge on any atom is 0.228 e. The Morgan fingerprint density at radius 2 is 1.88 bits per heavy atom. The number of anilines is 2. The lowest BCUT2D eigenvalue weighted by atomic mass is 10.1. The predicted molar refractivity (Wildman–Crippen MR) is 99.1 cm³/mol. The van der Waals surface area contributed by atoms with Crippen molar-refractivity contribution < 1.29 is 9.59 Å². The van der Waals surface area contributed by atoms with Gasteiger partial charge in [-0.25, -0.2) is 0 Å². The number of carbonyl (C=O) groups is 2. The van der Waals surface area contributed by atoms with Gasteiger partial charge in [0, 0.05) is 28.8 Å². The van der Waals surface area contributed by atoms with Gasteiger partial charge in [-0.05, 0) is 54.8 Å². The van der Waals surface area contributed by atoms with Gasteiger partial charge in [0.15, 0.2) is 0 Å². The Hall–Kier alpha value is -2.14. The molecule has 1 fully saturated rings. The van der Waals surface area contributed by atoms with E-state index in [1.807, 2.05) is 53.4 Å². The first-order valence-corrected chi connectivity index (χ1v) is 8.76. The van der Waals surface area contributed by atoms with Gasteiger partial charge in [0.25, 0.3) is 0 Å². The first-order chi connectivity index (χ1) is 11.5. The van der Waals surface area contributed by atoms with E-state index in [1.54, 1.807) is 6.92 Å². The molecular weight excluding hydrogens is 368 g/mol. The van der Waals surface area contributed by atoms with Crippen molar-refractivity contribution in [1.29, 1.82) is 0 Å². The smallest absolute Gasteiger partial charge is 0.228 e. The third-order valence-electron chi connectivity index (χ3n) is 3.93. The molecular formula is C19H19BrN2O2. The predicted octanol–water partition coefficient (Wildman–Crippen LogP) is 4.15. The molecule has 1 saturated carbocycles. The molecule has 0 bridgehead atoms. The first kappa shape index (κ1) is 16.7. The van der Waals surface area contributed by atoms with Crippen LogP contribution in [0.4, 0.5) is 11.4 Å². The Morgan fingerprint density at radius 3 is 2.46 bits per heavy atom. The van der Waals surface area contributed by atoms with Crippen LogP contribution in [0.3, 0.4) is 0 Å². The Balaban J connectivity index is 1.63. The van der Waals surface area contributed by atoms with E-state index >= 15 is 0 Å². The highest BCUT2D eigenvalue weighted by Gasteiger charge is 2.31. The number of rotatable bonds is 5. The average molecular weight is 387 g/mol. The summed E-state index contributed by atoms with van der Waals surface area (Å²) < 4.78 is 0.960. The summed E-state index contributed by atoms with van der Waals surface area (Å²) in [4.78, 5) is 25.7. The number of carbonyl (C=O) groups excluding carboxylic acids is 2. The molecule has 124 valence electrons. The largest absolute Gasteiger partial charge is 0.326 e. The topological polar surface area (TPSA) is 49.4 Å². The fraction of sp³-hybridized carbons (Fsp3) is 0.263. The molecule has 3 rings (SSSR count). The first-order valence-electron chi connectivity index (χ1n) is 7.97. The third kappa shape index (κ3) is 4.23. The number of benzene rings is 2. The monoisotopic (exact) mass is 386 g/mol. The number of hydrogen-bond donors (Lipinski definition) is 1. The van der Waals surface area contributed by atoms with E-state index in [-0.39, 0.29) is 11.8 Å². The molecule has 0 aliphatic heterocycles. The minimum absolute atomic E-state index is 0.0592. The van der Waals surface area contributed by atoms with Crippen LogP contribution in [0.1, 0.15) is 25.3 Å². The molecule has 1 N–H and O–H groups in total. The van der Waals surface area contributed by atoms with Crippen molar-refractivity contribution in [3.8, 4) is 0 Å². The minimum atomic E-state index is -0.0635. The SMILES string of the molecule is CC(=O)N(c1ccc(NC(=O)Cc2cccc(Br)c2)cc1)C1CC1. The lowest BCUT2D eigenvalue weighted by Gasteiger charge is -2.21. The summed E-state index contributed by atoms with van der Waals surface area (Å²) in [5.41, 5.74) is 2.57. The molecule has 2 aromatic carbocycles. The average Bonchev–Trinajstić information content (AvgIpc) is 3.33. The molecule has 0 unspecified atom stereocenters. The molecule has 0 atom stereocenters. The van der Waals surface area contributed by atoms with Gasteiger partial charge < -0.3 is 10.2 Å². The van der Waals surface area contributed by atoms with Gasteiger partial charge in [0.1, 0.15) is 0 Å². The van der Waals surface area contributed by atoms with Crippen LogP contribution in [0.2, 0.25) is 0 Å². The molecule has 0 heterocycles. The van der Waals surface area contributed by atoms with E-state index in [0.29, 0.717) is 12.5 Å². The maximum absolute atomic E-state index is 12.1. The van der Waals surface area contributed by atoms with Crippen LogP contribution in [0, 0.1) is 0 Å². The molecule has 1 aliphatic carbocycles. The number of amides is 2. The van der Waals surface area contributed by atoms with Crippen molar-refractivity contribution >= 4 is 39.1 Å². The van der Waals surface area contributed by atoms with Gasteiger partial charge in [0.05, 0.1) is 6.42 Å². The summed E-state index contributed by atoms with van der Waals surface area (Å²) >= 11 is 3.40. The highest BCUT2D eigenvalue weighted by molar-refractivity contribution is 9.10. The van der Waals surface area contributed by atoms with Gasteiger partial charge in [-0.15, -0.1) is 0 Å². The standard InChI is InChI=1S/C19H19BrN2O2/c1-13(23)22(18-9-10-18)17-7-5-16(6-8-17)21-19(24)12-14-3-2-4-15(20)11-14/h2-8,11,18H,9-10,12H2,1H3,(H,21,24). The lowest BCUT2D eigenvalue weighted by Crippen LogP contribution is -2.30. The van der Waals surface area contributed by atoms with E-state index in [2.05, 4.69) is 21.2 Å². The number of halogens is 1. The second-order valence-corrected chi connectivity index (χ2v) is 6.94. The minimum Gasteiger partial charge on any atom is -0.326 e. The zero-order valence-electron chi connectivity index (χ0n) is 13.5. The van der Waals surface area contributed by atoms with Crippen LogP contribution in [0.25, 0.3) is 0 Å². The normalized spacial score (nSPS) is 13.4. The van der Waals surface area contributed by atoms with Crippen LogP contribution < -0.4 is 10.2 Å². The van der Waals surface area contributed by atoms with Crippen molar-refractivity contribution in [3.63, 3.8) is 0 Å². The summed E-state index contributed by atoms with van der Waals surface area (Å²) in [5.74, 6) is -0.00425.